The summed E-state index contributed by atoms with van der Waals surface area (Å²) in [5, 5.41) is 13.9. The first-order chi connectivity index (χ1) is 12.0. The molecule has 3 rings (SSSR count). The zero-order valence-electron chi connectivity index (χ0n) is 13.5. The molecule has 10 heteroatoms. The van der Waals surface area contributed by atoms with Crippen LogP contribution in [0.4, 0.5) is 14.7 Å². The molecule has 25 heavy (non-hydrogen) atoms. The van der Waals surface area contributed by atoms with Crippen LogP contribution in [0.2, 0.25) is 0 Å². The second-order valence-corrected chi connectivity index (χ2v) is 5.31. The van der Waals surface area contributed by atoms with Crippen molar-refractivity contribution < 1.29 is 23.0 Å². The topological polar surface area (TPSA) is 91.2 Å². The van der Waals surface area contributed by atoms with E-state index >= 15 is 0 Å². The molecule has 1 atom stereocenters. The summed E-state index contributed by atoms with van der Waals surface area (Å²) in [5.74, 6) is -1.82. The first-order valence-electron chi connectivity index (χ1n) is 7.39. The van der Waals surface area contributed by atoms with E-state index in [1.807, 2.05) is 0 Å². The Morgan fingerprint density at radius 3 is 2.92 bits per heavy atom. The van der Waals surface area contributed by atoms with Crippen molar-refractivity contribution in [3.8, 4) is 0 Å². The predicted octanol–water partition coefficient (Wildman–Crippen LogP) is 1.43. The highest BCUT2D eigenvalue weighted by Gasteiger charge is 2.36. The molecule has 0 saturated carbocycles. The fraction of sp³-hybridized carbons (Fsp3) is 0.333. The van der Waals surface area contributed by atoms with Crippen LogP contribution in [0.1, 0.15) is 18.5 Å². The maximum atomic E-state index is 14.4. The maximum absolute atomic E-state index is 14.4. The van der Waals surface area contributed by atoms with Crippen molar-refractivity contribution in [2.24, 2.45) is 0 Å². The number of methoxy groups -OCH3 is 1. The molecule has 0 bridgehead atoms. The number of rotatable bonds is 5. The van der Waals surface area contributed by atoms with E-state index in [0.717, 1.165) is 18.2 Å². The van der Waals surface area contributed by atoms with Crippen LogP contribution in [0.15, 0.2) is 29.5 Å². The van der Waals surface area contributed by atoms with E-state index in [4.69, 9.17) is 9.47 Å². The number of hydrogen-bond acceptors (Lipinski definition) is 7. The number of esters is 1. The van der Waals surface area contributed by atoms with E-state index in [0.29, 0.717) is 5.70 Å². The lowest BCUT2D eigenvalue weighted by Crippen LogP contribution is -2.30. The highest BCUT2D eigenvalue weighted by atomic mass is 19.1. The third-order valence-corrected chi connectivity index (χ3v) is 3.71. The third kappa shape index (κ3) is 3.20. The summed E-state index contributed by atoms with van der Waals surface area (Å²) in [4.78, 5) is 12.5. The van der Waals surface area contributed by atoms with E-state index in [9.17, 15) is 13.6 Å². The largest absolute Gasteiger partial charge is 0.460 e. The van der Waals surface area contributed by atoms with Gasteiger partial charge in [-0.25, -0.2) is 13.6 Å². The molecular weight excluding hydrogens is 336 g/mol. The highest BCUT2D eigenvalue weighted by molar-refractivity contribution is 5.92. The monoisotopic (exact) mass is 351 g/mol. The van der Waals surface area contributed by atoms with E-state index in [2.05, 4.69) is 20.8 Å². The molecule has 2 aromatic rings. The molecule has 0 fully saturated rings. The van der Waals surface area contributed by atoms with Gasteiger partial charge in [0.05, 0.1) is 12.2 Å². The minimum atomic E-state index is -1.06. The van der Waals surface area contributed by atoms with Crippen molar-refractivity contribution in [1.82, 2.24) is 20.2 Å². The molecule has 1 aliphatic heterocycles. The van der Waals surface area contributed by atoms with E-state index in [-0.39, 0.29) is 30.3 Å². The summed E-state index contributed by atoms with van der Waals surface area (Å²) in [6.45, 7) is 1.84. The number of carbonyl (C=O) groups excluding carboxylic acids is 1. The van der Waals surface area contributed by atoms with Gasteiger partial charge in [0.1, 0.15) is 24.3 Å². The quantitative estimate of drug-likeness (QED) is 0.644. The summed E-state index contributed by atoms with van der Waals surface area (Å²) >= 11 is 0. The first kappa shape index (κ1) is 17.0. The van der Waals surface area contributed by atoms with Crippen LogP contribution in [0.5, 0.6) is 0 Å². The van der Waals surface area contributed by atoms with Crippen LogP contribution in [0.25, 0.3) is 0 Å². The Labute approximate surface area is 141 Å². The van der Waals surface area contributed by atoms with Gasteiger partial charge in [-0.05, 0) is 35.5 Å². The lowest BCUT2D eigenvalue weighted by Gasteiger charge is -2.27. The Morgan fingerprint density at radius 1 is 1.36 bits per heavy atom. The summed E-state index contributed by atoms with van der Waals surface area (Å²) in [5.41, 5.74) is 0.395. The van der Waals surface area contributed by atoms with Crippen molar-refractivity contribution in [1.29, 1.82) is 0 Å². The Hall–Kier alpha value is -2.88. The molecular formula is C15H15F2N5O3. The van der Waals surface area contributed by atoms with Gasteiger partial charge in [-0.2, -0.15) is 4.68 Å². The van der Waals surface area contributed by atoms with Crippen molar-refractivity contribution in [2.45, 2.75) is 13.0 Å². The van der Waals surface area contributed by atoms with Gasteiger partial charge in [-0.3, -0.25) is 0 Å². The predicted molar refractivity (Wildman–Crippen MR) is 81.5 cm³/mol. The summed E-state index contributed by atoms with van der Waals surface area (Å²) < 4.78 is 39.2. The van der Waals surface area contributed by atoms with Gasteiger partial charge in [0, 0.05) is 18.4 Å². The number of fused-ring (bicyclic) bond motifs is 1. The second-order valence-electron chi connectivity index (χ2n) is 5.31. The fourth-order valence-corrected chi connectivity index (χ4v) is 2.58. The van der Waals surface area contributed by atoms with Crippen molar-refractivity contribution >= 4 is 11.9 Å². The number of benzene rings is 1. The normalized spacial score (nSPS) is 16.4. The molecule has 0 radical (unpaired) electrons. The molecule has 0 amide bonds. The number of hydrogen-bond donors (Lipinski definition) is 1. The van der Waals surface area contributed by atoms with E-state index in [1.54, 1.807) is 6.92 Å². The van der Waals surface area contributed by atoms with E-state index < -0.39 is 23.6 Å². The molecule has 0 spiro atoms. The summed E-state index contributed by atoms with van der Waals surface area (Å²) in [7, 11) is 1.47. The first-order valence-corrected chi connectivity index (χ1v) is 7.39. The molecule has 0 aliphatic carbocycles. The van der Waals surface area contributed by atoms with Crippen LogP contribution in [0, 0.1) is 11.6 Å². The van der Waals surface area contributed by atoms with Gasteiger partial charge in [0.15, 0.2) is 0 Å². The number of nitrogens with one attached hydrogen (secondary N) is 1. The molecule has 1 aromatic heterocycles. The maximum Gasteiger partial charge on any atom is 0.338 e. The van der Waals surface area contributed by atoms with Crippen molar-refractivity contribution in [3.05, 3.63) is 46.7 Å². The number of tetrazole rings is 1. The number of aromatic nitrogens is 4. The fourth-order valence-electron chi connectivity index (χ4n) is 2.58. The van der Waals surface area contributed by atoms with Crippen LogP contribution in [-0.2, 0) is 14.3 Å². The third-order valence-electron chi connectivity index (χ3n) is 3.71. The molecule has 132 valence electrons. The van der Waals surface area contributed by atoms with Crippen molar-refractivity contribution in [3.63, 3.8) is 0 Å². The van der Waals surface area contributed by atoms with Gasteiger partial charge >= 0.3 is 5.97 Å². The van der Waals surface area contributed by atoms with Crippen LogP contribution in [-0.4, -0.2) is 46.5 Å². The molecule has 1 unspecified atom stereocenters. The SMILES string of the molecule is COCCOC(=O)C1=C(C)Nc2nnnn2C1c1cc(F)ccc1F. The number of allylic oxidation sites excluding steroid dienone is 1. The average Bonchev–Trinajstić information content (AvgIpc) is 3.04. The molecule has 2 heterocycles. The van der Waals surface area contributed by atoms with Gasteiger partial charge in [-0.1, -0.05) is 5.10 Å². The van der Waals surface area contributed by atoms with Gasteiger partial charge in [0.25, 0.3) is 0 Å². The van der Waals surface area contributed by atoms with Crippen LogP contribution in [0.3, 0.4) is 0 Å². The number of halogens is 2. The Bertz CT molecular complexity index is 836. The number of ether oxygens (including phenoxy) is 2. The van der Waals surface area contributed by atoms with Crippen molar-refractivity contribution in [2.75, 3.05) is 25.6 Å². The summed E-state index contributed by atoms with van der Waals surface area (Å²) in [6, 6.07) is 1.93. The number of carbonyl (C=O) groups is 1. The lowest BCUT2D eigenvalue weighted by molar-refractivity contribution is -0.140. The second kappa shape index (κ2) is 6.93. The average molecular weight is 351 g/mol. The van der Waals surface area contributed by atoms with Gasteiger partial charge in [0.2, 0.25) is 5.95 Å². The molecule has 0 saturated heterocycles. The molecule has 1 N–H and O–H groups in total. The van der Waals surface area contributed by atoms with Crippen LogP contribution >= 0.6 is 0 Å². The van der Waals surface area contributed by atoms with Crippen LogP contribution < -0.4 is 5.32 Å². The smallest absolute Gasteiger partial charge is 0.338 e. The minimum absolute atomic E-state index is 0.0208. The van der Waals surface area contributed by atoms with Gasteiger partial charge in [-0.15, -0.1) is 0 Å². The standard InChI is InChI=1S/C15H15F2N5O3/c1-8-12(14(23)25-6-5-24-2)13(22-15(18-8)19-20-21-22)10-7-9(16)3-4-11(10)17/h3-4,7,13H,5-6H2,1-2H3,(H,18,19,21). The Morgan fingerprint density at radius 2 is 2.16 bits per heavy atom. The zero-order chi connectivity index (χ0) is 18.0. The number of nitrogens with zero attached hydrogens (tertiary/aromatic N) is 4. The zero-order valence-corrected chi connectivity index (χ0v) is 13.5. The van der Waals surface area contributed by atoms with E-state index in [1.165, 1.54) is 11.8 Å². The number of anilines is 1. The summed E-state index contributed by atoms with van der Waals surface area (Å²) in [6.07, 6.45) is 0. The minimum Gasteiger partial charge on any atom is -0.460 e. The highest BCUT2D eigenvalue weighted by Crippen LogP contribution is 2.36. The Balaban J connectivity index is 2.07. The Kier molecular flexibility index (Phi) is 4.70. The lowest BCUT2D eigenvalue weighted by atomic mass is 9.95. The molecule has 1 aromatic carbocycles. The van der Waals surface area contributed by atoms with Gasteiger partial charge < -0.3 is 14.8 Å². The molecule has 8 nitrogen and oxygen atoms in total. The molecule has 1 aliphatic rings.